The molecule has 132 valence electrons. The van der Waals surface area contributed by atoms with Gasteiger partial charge < -0.3 is 5.32 Å². The summed E-state index contributed by atoms with van der Waals surface area (Å²) >= 11 is 0. The van der Waals surface area contributed by atoms with Gasteiger partial charge in [0, 0.05) is 31.2 Å². The fraction of sp³-hybridized carbons (Fsp3) is 0.0455. The van der Waals surface area contributed by atoms with Crippen LogP contribution in [-0.2, 0) is 11.3 Å². The number of carbonyl (C=O) groups excluding carboxylic acids is 1. The molecule has 5 nitrogen and oxygen atoms in total. The molecule has 0 bridgehead atoms. The van der Waals surface area contributed by atoms with Gasteiger partial charge >= 0.3 is 0 Å². The van der Waals surface area contributed by atoms with E-state index in [1.54, 1.807) is 24.8 Å². The summed E-state index contributed by atoms with van der Waals surface area (Å²) in [5.41, 5.74) is 1.96. The zero-order valence-electron chi connectivity index (χ0n) is 14.6. The van der Waals surface area contributed by atoms with Crippen molar-refractivity contribution >= 4 is 22.8 Å². The average Bonchev–Trinajstić information content (AvgIpc) is 3.26. The number of amides is 1. The standard InChI is InChI=1S/C22H18N4O/c27-22(11-9-19-6-3-5-18-4-1-2-7-20(18)19)25-15-17-8-10-21(24-14-17)26-13-12-23-16-26/h1-14,16H,15H2,(H,25,27)/b11-9+. The summed E-state index contributed by atoms with van der Waals surface area (Å²) in [7, 11) is 0. The Labute approximate surface area is 157 Å². The first-order valence-corrected chi connectivity index (χ1v) is 8.66. The fourth-order valence-electron chi connectivity index (χ4n) is 2.88. The second kappa shape index (κ2) is 7.66. The topological polar surface area (TPSA) is 59.8 Å². The second-order valence-electron chi connectivity index (χ2n) is 6.11. The molecule has 4 rings (SSSR count). The number of hydrogen-bond acceptors (Lipinski definition) is 3. The van der Waals surface area contributed by atoms with Crippen LogP contribution in [0.3, 0.4) is 0 Å². The van der Waals surface area contributed by atoms with Crippen LogP contribution >= 0.6 is 0 Å². The normalized spacial score (nSPS) is 11.1. The van der Waals surface area contributed by atoms with E-state index >= 15 is 0 Å². The molecular formula is C22H18N4O. The van der Waals surface area contributed by atoms with Gasteiger partial charge in [-0.1, -0.05) is 48.5 Å². The number of pyridine rings is 1. The van der Waals surface area contributed by atoms with Crippen LogP contribution < -0.4 is 5.32 Å². The maximum absolute atomic E-state index is 12.1. The Balaban J connectivity index is 1.39. The molecule has 0 aliphatic rings. The van der Waals surface area contributed by atoms with Gasteiger partial charge in [0.15, 0.2) is 0 Å². The fourth-order valence-corrected chi connectivity index (χ4v) is 2.88. The lowest BCUT2D eigenvalue weighted by Gasteiger charge is -2.05. The van der Waals surface area contributed by atoms with E-state index in [4.69, 9.17) is 0 Å². The predicted molar refractivity (Wildman–Crippen MR) is 106 cm³/mol. The van der Waals surface area contributed by atoms with E-state index in [1.807, 2.05) is 53.2 Å². The van der Waals surface area contributed by atoms with E-state index < -0.39 is 0 Å². The molecule has 1 amide bonds. The molecule has 0 fully saturated rings. The molecule has 5 heteroatoms. The highest BCUT2D eigenvalue weighted by Gasteiger charge is 2.01. The van der Waals surface area contributed by atoms with Crippen LogP contribution in [0.15, 0.2) is 85.6 Å². The molecule has 0 aliphatic heterocycles. The zero-order valence-corrected chi connectivity index (χ0v) is 14.6. The molecular weight excluding hydrogens is 336 g/mol. The van der Waals surface area contributed by atoms with Crippen molar-refractivity contribution in [3.8, 4) is 5.82 Å². The van der Waals surface area contributed by atoms with Crippen LogP contribution in [0, 0.1) is 0 Å². The lowest BCUT2D eigenvalue weighted by atomic mass is 10.0. The highest BCUT2D eigenvalue weighted by atomic mass is 16.1. The number of hydrogen-bond donors (Lipinski definition) is 1. The van der Waals surface area contributed by atoms with Gasteiger partial charge in [-0.15, -0.1) is 0 Å². The predicted octanol–water partition coefficient (Wildman–Crippen LogP) is 3.75. The van der Waals surface area contributed by atoms with Crippen molar-refractivity contribution in [2.24, 2.45) is 0 Å². The van der Waals surface area contributed by atoms with Gasteiger partial charge in [-0.3, -0.25) is 9.36 Å². The highest BCUT2D eigenvalue weighted by molar-refractivity contribution is 5.96. The lowest BCUT2D eigenvalue weighted by molar-refractivity contribution is -0.116. The summed E-state index contributed by atoms with van der Waals surface area (Å²) in [6, 6.07) is 18.0. The summed E-state index contributed by atoms with van der Waals surface area (Å²) < 4.78 is 1.83. The van der Waals surface area contributed by atoms with Crippen molar-refractivity contribution in [3.05, 3.63) is 96.7 Å². The van der Waals surface area contributed by atoms with Gasteiger partial charge in [-0.05, 0) is 34.0 Å². The maximum Gasteiger partial charge on any atom is 0.244 e. The third-order valence-corrected chi connectivity index (χ3v) is 4.28. The quantitative estimate of drug-likeness (QED) is 0.555. The van der Waals surface area contributed by atoms with E-state index in [-0.39, 0.29) is 5.91 Å². The Hall–Kier alpha value is -3.73. The molecule has 0 saturated heterocycles. The number of aromatic nitrogens is 3. The van der Waals surface area contributed by atoms with Gasteiger partial charge in [-0.2, -0.15) is 0 Å². The molecule has 0 aliphatic carbocycles. The smallest absolute Gasteiger partial charge is 0.244 e. The molecule has 0 saturated carbocycles. The van der Waals surface area contributed by atoms with Gasteiger partial charge in [0.1, 0.15) is 12.1 Å². The Kier molecular flexibility index (Phi) is 4.74. The third-order valence-electron chi connectivity index (χ3n) is 4.28. The van der Waals surface area contributed by atoms with Crippen molar-refractivity contribution in [3.63, 3.8) is 0 Å². The summed E-state index contributed by atoms with van der Waals surface area (Å²) in [4.78, 5) is 20.5. The first kappa shape index (κ1) is 16.7. The molecule has 27 heavy (non-hydrogen) atoms. The minimum Gasteiger partial charge on any atom is -0.348 e. The Bertz CT molecular complexity index is 1080. The van der Waals surface area contributed by atoms with Crippen LogP contribution in [0.4, 0.5) is 0 Å². The first-order chi connectivity index (χ1) is 13.3. The van der Waals surface area contributed by atoms with E-state index in [0.29, 0.717) is 6.54 Å². The molecule has 0 radical (unpaired) electrons. The van der Waals surface area contributed by atoms with Crippen molar-refractivity contribution in [1.29, 1.82) is 0 Å². The first-order valence-electron chi connectivity index (χ1n) is 8.66. The number of nitrogens with one attached hydrogen (secondary N) is 1. The van der Waals surface area contributed by atoms with E-state index in [2.05, 4.69) is 33.5 Å². The second-order valence-corrected chi connectivity index (χ2v) is 6.11. The van der Waals surface area contributed by atoms with Crippen molar-refractivity contribution in [2.45, 2.75) is 6.54 Å². The number of rotatable bonds is 5. The van der Waals surface area contributed by atoms with Crippen LogP contribution in [0.1, 0.15) is 11.1 Å². The summed E-state index contributed by atoms with van der Waals surface area (Å²) in [6.07, 6.45) is 10.4. The third kappa shape index (κ3) is 3.93. The van der Waals surface area contributed by atoms with Crippen LogP contribution in [0.2, 0.25) is 0 Å². The van der Waals surface area contributed by atoms with Crippen molar-refractivity contribution in [2.75, 3.05) is 0 Å². The SMILES string of the molecule is O=C(/C=C/c1cccc2ccccc12)NCc1ccc(-n2ccnc2)nc1. The maximum atomic E-state index is 12.1. The molecule has 4 aromatic rings. The summed E-state index contributed by atoms with van der Waals surface area (Å²) in [5, 5.41) is 5.17. The van der Waals surface area contributed by atoms with Gasteiger partial charge in [-0.25, -0.2) is 9.97 Å². The van der Waals surface area contributed by atoms with Crippen molar-refractivity contribution < 1.29 is 4.79 Å². The number of carbonyl (C=O) groups is 1. The average molecular weight is 354 g/mol. The molecule has 0 unspecified atom stereocenters. The van der Waals surface area contributed by atoms with Gasteiger partial charge in [0.05, 0.1) is 0 Å². The molecule has 2 aromatic heterocycles. The number of imidazole rings is 1. The zero-order chi connectivity index (χ0) is 18.5. The monoisotopic (exact) mass is 354 g/mol. The lowest BCUT2D eigenvalue weighted by Crippen LogP contribution is -2.20. The summed E-state index contributed by atoms with van der Waals surface area (Å²) in [5.74, 6) is 0.653. The Morgan fingerprint density at radius 1 is 1.07 bits per heavy atom. The van der Waals surface area contributed by atoms with Crippen LogP contribution in [0.5, 0.6) is 0 Å². The number of benzene rings is 2. The summed E-state index contributed by atoms with van der Waals surface area (Å²) in [6.45, 7) is 0.427. The Morgan fingerprint density at radius 3 is 2.78 bits per heavy atom. The highest BCUT2D eigenvalue weighted by Crippen LogP contribution is 2.19. The molecule has 0 atom stereocenters. The van der Waals surface area contributed by atoms with Gasteiger partial charge in [0.2, 0.25) is 5.91 Å². The Morgan fingerprint density at radius 2 is 1.96 bits per heavy atom. The minimum atomic E-state index is -0.137. The minimum absolute atomic E-state index is 0.137. The number of nitrogens with zero attached hydrogens (tertiary/aromatic N) is 3. The molecule has 2 heterocycles. The molecule has 0 spiro atoms. The van der Waals surface area contributed by atoms with Crippen LogP contribution in [-0.4, -0.2) is 20.4 Å². The molecule has 2 aromatic carbocycles. The van der Waals surface area contributed by atoms with E-state index in [9.17, 15) is 4.79 Å². The largest absolute Gasteiger partial charge is 0.348 e. The van der Waals surface area contributed by atoms with Gasteiger partial charge in [0.25, 0.3) is 0 Å². The number of fused-ring (bicyclic) bond motifs is 1. The van der Waals surface area contributed by atoms with E-state index in [1.165, 1.54) is 0 Å². The van der Waals surface area contributed by atoms with Crippen LogP contribution in [0.25, 0.3) is 22.7 Å². The van der Waals surface area contributed by atoms with E-state index in [0.717, 1.165) is 27.7 Å². The van der Waals surface area contributed by atoms with Crippen molar-refractivity contribution in [1.82, 2.24) is 19.9 Å². The molecule has 1 N–H and O–H groups in total.